The van der Waals surface area contributed by atoms with Crippen LogP contribution in [0.2, 0.25) is 5.28 Å². The van der Waals surface area contributed by atoms with Crippen molar-refractivity contribution in [1.29, 1.82) is 0 Å². The Hall–Kier alpha value is -2.80. The highest BCUT2D eigenvalue weighted by atomic mass is 35.5. The van der Waals surface area contributed by atoms with Gasteiger partial charge in [-0.1, -0.05) is 12.7 Å². The molecule has 0 atom stereocenters. The molecule has 8 heteroatoms. The molecule has 1 heterocycles. The fourth-order valence-electron chi connectivity index (χ4n) is 1.83. The fraction of sp³-hybridized carbons (Fsp3) is 0.125. The van der Waals surface area contributed by atoms with E-state index in [1.165, 1.54) is 30.5 Å². The predicted molar refractivity (Wildman–Crippen MR) is 86.6 cm³/mol. The average Bonchev–Trinajstić information content (AvgIpc) is 2.54. The molecule has 1 amide bonds. The molecule has 0 radical (unpaired) electrons. The van der Waals surface area contributed by atoms with Gasteiger partial charge in [0, 0.05) is 11.9 Å². The van der Waals surface area contributed by atoms with Crippen LogP contribution in [0.4, 0.5) is 14.9 Å². The number of carbonyl (C=O) groups is 2. The van der Waals surface area contributed by atoms with Crippen molar-refractivity contribution in [2.24, 2.45) is 0 Å². The lowest BCUT2D eigenvalue weighted by Crippen LogP contribution is -2.15. The van der Waals surface area contributed by atoms with E-state index in [1.54, 1.807) is 0 Å². The summed E-state index contributed by atoms with van der Waals surface area (Å²) in [7, 11) is 0. The highest BCUT2D eigenvalue weighted by Crippen LogP contribution is 2.17. The molecule has 0 aliphatic heterocycles. The van der Waals surface area contributed by atoms with Gasteiger partial charge in [-0.15, -0.1) is 0 Å². The van der Waals surface area contributed by atoms with Gasteiger partial charge in [0.05, 0.1) is 17.7 Å². The number of halogens is 2. The first-order valence-electron chi connectivity index (χ1n) is 6.84. The van der Waals surface area contributed by atoms with Crippen molar-refractivity contribution in [3.8, 4) is 0 Å². The number of amides is 1. The standard InChI is InChI=1S/C16H13ClFN3O3/c1-2-7-24-16(23)21-10-3-4-13(18)12(8-10)14(22)9-11-5-6-19-15(17)20-11/h2-6,8H,1,7,9H2,(H,21,23). The molecular formula is C16H13ClFN3O3. The molecule has 1 N–H and O–H groups in total. The lowest BCUT2D eigenvalue weighted by molar-refractivity contribution is 0.0988. The van der Waals surface area contributed by atoms with Crippen LogP contribution >= 0.6 is 11.6 Å². The molecule has 0 saturated heterocycles. The maximum Gasteiger partial charge on any atom is 0.411 e. The number of nitrogens with zero attached hydrogens (tertiary/aromatic N) is 2. The van der Waals surface area contributed by atoms with E-state index in [9.17, 15) is 14.0 Å². The van der Waals surface area contributed by atoms with E-state index in [0.29, 0.717) is 5.69 Å². The molecule has 0 fully saturated rings. The quantitative estimate of drug-likeness (QED) is 0.491. The predicted octanol–water partition coefficient (Wildman–Crippen LogP) is 3.43. The van der Waals surface area contributed by atoms with E-state index in [0.717, 1.165) is 6.07 Å². The molecule has 0 saturated carbocycles. The molecule has 2 rings (SSSR count). The summed E-state index contributed by atoms with van der Waals surface area (Å²) in [5.41, 5.74) is 0.420. The third-order valence-electron chi connectivity index (χ3n) is 2.87. The second kappa shape index (κ2) is 8.16. The molecule has 124 valence electrons. The van der Waals surface area contributed by atoms with Gasteiger partial charge >= 0.3 is 6.09 Å². The third kappa shape index (κ3) is 4.85. The van der Waals surface area contributed by atoms with Crippen LogP contribution < -0.4 is 5.32 Å². The fourth-order valence-corrected chi connectivity index (χ4v) is 2.00. The Labute approximate surface area is 142 Å². The van der Waals surface area contributed by atoms with Gasteiger partial charge < -0.3 is 4.74 Å². The van der Waals surface area contributed by atoms with Crippen molar-refractivity contribution in [3.63, 3.8) is 0 Å². The van der Waals surface area contributed by atoms with Crippen LogP contribution in [0.1, 0.15) is 16.1 Å². The highest BCUT2D eigenvalue weighted by molar-refractivity contribution is 6.28. The normalized spacial score (nSPS) is 10.1. The van der Waals surface area contributed by atoms with Gasteiger partial charge in [-0.2, -0.15) is 0 Å². The molecule has 0 aliphatic rings. The third-order valence-corrected chi connectivity index (χ3v) is 3.05. The molecule has 0 spiro atoms. The van der Waals surface area contributed by atoms with Gasteiger partial charge in [-0.05, 0) is 35.9 Å². The Bertz CT molecular complexity index is 783. The Balaban J connectivity index is 2.14. The van der Waals surface area contributed by atoms with E-state index >= 15 is 0 Å². The van der Waals surface area contributed by atoms with Crippen LogP contribution in [0.5, 0.6) is 0 Å². The minimum atomic E-state index is -0.734. The number of nitrogens with one attached hydrogen (secondary N) is 1. The summed E-state index contributed by atoms with van der Waals surface area (Å²) < 4.78 is 18.7. The van der Waals surface area contributed by atoms with Crippen LogP contribution in [0.15, 0.2) is 43.1 Å². The second-order valence-electron chi connectivity index (χ2n) is 4.62. The summed E-state index contributed by atoms with van der Waals surface area (Å²) in [5, 5.41) is 2.40. The topological polar surface area (TPSA) is 81.2 Å². The van der Waals surface area contributed by atoms with Crippen molar-refractivity contribution in [3.05, 3.63) is 65.5 Å². The number of aromatic nitrogens is 2. The molecule has 6 nitrogen and oxygen atoms in total. The zero-order valence-electron chi connectivity index (χ0n) is 12.5. The number of benzene rings is 1. The van der Waals surface area contributed by atoms with Crippen LogP contribution in [-0.4, -0.2) is 28.5 Å². The minimum Gasteiger partial charge on any atom is -0.445 e. The van der Waals surface area contributed by atoms with Crippen LogP contribution in [0.3, 0.4) is 0 Å². The first-order chi connectivity index (χ1) is 11.5. The van der Waals surface area contributed by atoms with Gasteiger partial charge in [0.2, 0.25) is 5.28 Å². The van der Waals surface area contributed by atoms with Crippen LogP contribution in [-0.2, 0) is 11.2 Å². The largest absolute Gasteiger partial charge is 0.445 e. The highest BCUT2D eigenvalue weighted by Gasteiger charge is 2.15. The molecule has 1 aromatic carbocycles. The van der Waals surface area contributed by atoms with Crippen molar-refractivity contribution in [2.45, 2.75) is 6.42 Å². The Morgan fingerprint density at radius 2 is 2.17 bits per heavy atom. The van der Waals surface area contributed by atoms with Crippen LogP contribution in [0, 0.1) is 5.82 Å². The van der Waals surface area contributed by atoms with Gasteiger partial charge in [0.15, 0.2) is 5.78 Å². The molecule has 1 aromatic heterocycles. The first-order valence-corrected chi connectivity index (χ1v) is 7.22. The summed E-state index contributed by atoms with van der Waals surface area (Å²) in [5.74, 6) is -1.21. The number of hydrogen-bond donors (Lipinski definition) is 1. The van der Waals surface area contributed by atoms with E-state index in [1.807, 2.05) is 0 Å². The van der Waals surface area contributed by atoms with Gasteiger partial charge in [-0.25, -0.2) is 19.2 Å². The number of anilines is 1. The minimum absolute atomic E-state index is 0.00107. The summed E-state index contributed by atoms with van der Waals surface area (Å²) in [6, 6.07) is 5.15. The van der Waals surface area contributed by atoms with Crippen molar-refractivity contribution < 1.29 is 18.7 Å². The summed E-state index contributed by atoms with van der Waals surface area (Å²) in [6.45, 7) is 3.45. The van der Waals surface area contributed by atoms with Gasteiger partial charge in [0.25, 0.3) is 0 Å². The second-order valence-corrected chi connectivity index (χ2v) is 4.96. The molecule has 2 aromatic rings. The number of ketones is 1. The molecule has 24 heavy (non-hydrogen) atoms. The van der Waals surface area contributed by atoms with Crippen LogP contribution in [0.25, 0.3) is 0 Å². The number of ether oxygens (including phenoxy) is 1. The summed E-state index contributed by atoms with van der Waals surface area (Å²) in [4.78, 5) is 31.3. The van der Waals surface area contributed by atoms with E-state index in [4.69, 9.17) is 16.3 Å². The van der Waals surface area contributed by atoms with E-state index < -0.39 is 17.7 Å². The maximum atomic E-state index is 13.9. The average molecular weight is 350 g/mol. The Kier molecular flexibility index (Phi) is 5.97. The zero-order chi connectivity index (χ0) is 17.5. The lowest BCUT2D eigenvalue weighted by Gasteiger charge is -2.08. The number of Topliss-reactive ketones (excluding diaryl/α,β-unsaturated/α-hetero) is 1. The van der Waals surface area contributed by atoms with E-state index in [2.05, 4.69) is 21.9 Å². The smallest absolute Gasteiger partial charge is 0.411 e. The monoisotopic (exact) mass is 349 g/mol. The first kappa shape index (κ1) is 17.6. The van der Waals surface area contributed by atoms with Crippen molar-refractivity contribution in [2.75, 3.05) is 11.9 Å². The lowest BCUT2D eigenvalue weighted by atomic mass is 10.1. The van der Waals surface area contributed by atoms with Crippen molar-refractivity contribution in [1.82, 2.24) is 9.97 Å². The number of hydrogen-bond acceptors (Lipinski definition) is 5. The van der Waals surface area contributed by atoms with E-state index in [-0.39, 0.29) is 29.6 Å². The zero-order valence-corrected chi connectivity index (χ0v) is 13.2. The number of rotatable bonds is 6. The van der Waals surface area contributed by atoms with Crippen molar-refractivity contribution >= 4 is 29.2 Å². The molecule has 0 bridgehead atoms. The SMILES string of the molecule is C=CCOC(=O)Nc1ccc(F)c(C(=O)Cc2ccnc(Cl)n2)c1. The maximum absolute atomic E-state index is 13.9. The Morgan fingerprint density at radius 3 is 2.88 bits per heavy atom. The molecule has 0 aliphatic carbocycles. The molecule has 0 unspecified atom stereocenters. The van der Waals surface area contributed by atoms with Gasteiger partial charge in [0.1, 0.15) is 12.4 Å². The summed E-state index contributed by atoms with van der Waals surface area (Å²) >= 11 is 5.65. The molecular weight excluding hydrogens is 337 g/mol. The number of carbonyl (C=O) groups excluding carboxylic acids is 2. The van der Waals surface area contributed by atoms with Gasteiger partial charge in [-0.3, -0.25) is 10.1 Å². The summed E-state index contributed by atoms with van der Waals surface area (Å²) in [6.07, 6.45) is 1.93. The Morgan fingerprint density at radius 1 is 1.38 bits per heavy atom.